The fourth-order valence-corrected chi connectivity index (χ4v) is 0.714. The number of hydrogen-bond donors (Lipinski definition) is 7. The van der Waals surface area contributed by atoms with Crippen molar-refractivity contribution >= 4 is 33.1 Å². The number of phosphoric acid groups is 1. The summed E-state index contributed by atoms with van der Waals surface area (Å²) < 4.78 is 8.55. The molecule has 0 rings (SSSR count). The van der Waals surface area contributed by atoms with Crippen molar-refractivity contribution in [1.82, 2.24) is 0 Å². The number of aliphatic hydroxyl groups is 1. The van der Waals surface area contributed by atoms with Gasteiger partial charge in [-0.25, -0.2) is 4.79 Å². The van der Waals surface area contributed by atoms with Gasteiger partial charge in [-0.05, 0) is 0 Å². The molecule has 0 aromatic rings. The standard InChI is InChI=1S/C6H8O7.BH3O3.3Na.H3O4P/c7-3(8)1-6(13,5(11)12)2-4(9)10;2-1(3)4;;;;1-5(2,3)4/h13H,1-2H2,(H,7,8)(H,9,10)(H,11,12);2-4H;;;;(H3,1,2,3,4)/q;;3*+1;/p-3. The second-order valence-corrected chi connectivity index (χ2v) is 4.17. The first-order valence-corrected chi connectivity index (χ1v) is 6.14. The Morgan fingerprint density at radius 2 is 1.00 bits per heavy atom. The molecule has 0 amide bonds. The normalized spacial score (nSPS) is 9.08. The van der Waals surface area contributed by atoms with Gasteiger partial charge >= 0.3 is 114 Å². The van der Waals surface area contributed by atoms with Crippen LogP contribution < -0.4 is 103 Å². The Kier molecular flexibility index (Phi) is 33.0. The van der Waals surface area contributed by atoms with Crippen molar-refractivity contribution in [2.75, 3.05) is 0 Å². The monoisotopic (exact) mass is 418 g/mol. The van der Waals surface area contributed by atoms with E-state index in [0.29, 0.717) is 0 Å². The summed E-state index contributed by atoms with van der Waals surface area (Å²) in [5.41, 5.74) is -2.74. The van der Waals surface area contributed by atoms with Crippen molar-refractivity contribution in [2.24, 2.45) is 0 Å². The third-order valence-electron chi connectivity index (χ3n) is 1.29. The van der Waals surface area contributed by atoms with Crippen LogP contribution in [0.4, 0.5) is 0 Å². The molecule has 14 nitrogen and oxygen atoms in total. The van der Waals surface area contributed by atoms with Gasteiger partial charge in [0, 0.05) is 0 Å². The molecule has 0 aliphatic carbocycles. The maximum atomic E-state index is 10.3. The molecule has 0 aliphatic rings. The minimum atomic E-state index is -5.39. The summed E-state index contributed by atoms with van der Waals surface area (Å²) in [4.78, 5) is 56.1. The number of aliphatic carboxylic acids is 3. The van der Waals surface area contributed by atoms with Crippen LogP contribution in [-0.4, -0.2) is 66.3 Å². The average Bonchev–Trinajstić information content (AvgIpc) is 2.09. The van der Waals surface area contributed by atoms with Gasteiger partial charge in [-0.3, -0.25) is 9.59 Å². The summed E-state index contributed by atoms with van der Waals surface area (Å²) in [5, 5.41) is 55.3. The quantitative estimate of drug-likeness (QED) is 0.161. The van der Waals surface area contributed by atoms with E-state index in [1.54, 1.807) is 0 Å². The second-order valence-electron chi connectivity index (χ2n) is 3.27. The first-order chi connectivity index (χ1) is 9.51. The molecule has 0 aromatic carbocycles. The topological polar surface area (TPSA) is 279 Å². The zero-order valence-electron chi connectivity index (χ0n) is 13.4. The van der Waals surface area contributed by atoms with E-state index in [1.807, 2.05) is 0 Å². The van der Waals surface area contributed by atoms with E-state index in [0.717, 1.165) is 0 Å². The van der Waals surface area contributed by atoms with E-state index in [-0.39, 0.29) is 88.7 Å². The number of hydrogen-bond acceptors (Lipinski definition) is 11. The van der Waals surface area contributed by atoms with Crippen molar-refractivity contribution < 1.29 is 158 Å². The molecule has 0 aromatic heterocycles. The Balaban J connectivity index is -0.0000000638. The van der Waals surface area contributed by atoms with Crippen molar-refractivity contribution in [3.05, 3.63) is 0 Å². The van der Waals surface area contributed by atoms with Crippen LogP contribution in [0.2, 0.25) is 0 Å². The molecular weight excluding hydrogens is 407 g/mol. The number of carbonyl (C=O) groups is 3. The molecule has 0 bridgehead atoms. The maximum Gasteiger partial charge on any atom is 1.00 e. The van der Waals surface area contributed by atoms with Gasteiger partial charge in [-0.1, -0.05) is 0 Å². The van der Waals surface area contributed by atoms with Crippen LogP contribution in [0.3, 0.4) is 0 Å². The smallest absolute Gasteiger partial charge is 0.822 e. The second kappa shape index (κ2) is 20.2. The largest absolute Gasteiger partial charge is 1.00 e. The Bertz CT molecular complexity index is 400. The van der Waals surface area contributed by atoms with Gasteiger partial charge in [-0.2, -0.15) is 7.82 Å². The van der Waals surface area contributed by atoms with Gasteiger partial charge < -0.3 is 54.7 Å². The van der Waals surface area contributed by atoms with E-state index >= 15 is 0 Å². The molecule has 25 heavy (non-hydrogen) atoms. The van der Waals surface area contributed by atoms with Gasteiger partial charge in [0.2, 0.25) is 0 Å². The molecule has 0 atom stereocenters. The predicted molar refractivity (Wildman–Crippen MR) is 57.1 cm³/mol. The summed E-state index contributed by atoms with van der Waals surface area (Å²) >= 11 is 0. The molecule has 19 heteroatoms. The van der Waals surface area contributed by atoms with Crippen LogP contribution in [0, 0.1) is 0 Å². The molecule has 7 N–H and O–H groups in total. The van der Waals surface area contributed by atoms with Crippen LogP contribution in [0.1, 0.15) is 12.8 Å². The summed E-state index contributed by atoms with van der Waals surface area (Å²) in [7, 11) is -7.56. The fraction of sp³-hybridized carbons (Fsp3) is 0.500. The van der Waals surface area contributed by atoms with Gasteiger partial charge in [0.15, 0.2) is 5.60 Å². The molecule has 0 spiro atoms. The maximum absolute atomic E-state index is 10.3. The average molecular weight is 418 g/mol. The van der Waals surface area contributed by atoms with Gasteiger partial charge in [0.1, 0.15) is 0 Å². The van der Waals surface area contributed by atoms with Crippen LogP contribution in [0.25, 0.3) is 0 Å². The van der Waals surface area contributed by atoms with Crippen LogP contribution in [0.15, 0.2) is 0 Å². The summed E-state index contributed by atoms with van der Waals surface area (Å²) in [6, 6.07) is 0. The molecular formula is C6H11BNa3O14P. The molecule has 130 valence electrons. The molecule has 0 saturated carbocycles. The van der Waals surface area contributed by atoms with E-state index < -0.39 is 51.5 Å². The third kappa shape index (κ3) is 45.9. The zero-order chi connectivity index (χ0) is 18.7. The van der Waals surface area contributed by atoms with E-state index in [2.05, 4.69) is 0 Å². The number of carboxylic acid groups (broad SMARTS) is 3. The summed E-state index contributed by atoms with van der Waals surface area (Å²) in [5.74, 6) is -5.02. The van der Waals surface area contributed by atoms with Gasteiger partial charge in [-0.15, -0.1) is 0 Å². The molecule has 0 fully saturated rings. The summed E-state index contributed by atoms with van der Waals surface area (Å²) in [6.45, 7) is 0. The Labute approximate surface area is 207 Å². The van der Waals surface area contributed by atoms with Gasteiger partial charge in [0.25, 0.3) is 0 Å². The minimum absolute atomic E-state index is 0. The van der Waals surface area contributed by atoms with Crippen molar-refractivity contribution in [1.29, 1.82) is 0 Å². The molecule has 0 radical (unpaired) electrons. The minimum Gasteiger partial charge on any atom is -0.822 e. The third-order valence-corrected chi connectivity index (χ3v) is 1.29. The van der Waals surface area contributed by atoms with E-state index in [1.165, 1.54) is 0 Å². The Morgan fingerprint density at radius 3 is 1.08 bits per heavy atom. The molecule has 0 heterocycles. The SMILES string of the molecule is O=C(O)CC(O)(CC(=O)O)C(=O)O.O=P([O-])([O-])[O-].OB(O)O.[Na+].[Na+].[Na+]. The Morgan fingerprint density at radius 1 is 0.840 bits per heavy atom. The zero-order valence-corrected chi connectivity index (χ0v) is 20.3. The van der Waals surface area contributed by atoms with Crippen LogP contribution in [0.5, 0.6) is 0 Å². The number of carboxylic acids is 3. The van der Waals surface area contributed by atoms with Crippen LogP contribution >= 0.6 is 7.82 Å². The van der Waals surface area contributed by atoms with E-state index in [9.17, 15) is 14.4 Å². The molecule has 0 saturated heterocycles. The van der Waals surface area contributed by atoms with E-state index in [4.69, 9.17) is 54.7 Å². The predicted octanol–water partition coefficient (Wildman–Crippen LogP) is -15.1. The summed E-state index contributed by atoms with van der Waals surface area (Å²) in [6.07, 6.45) is -2.29. The molecule has 0 aliphatic heterocycles. The first kappa shape index (κ1) is 40.9. The fourth-order valence-electron chi connectivity index (χ4n) is 0.714. The van der Waals surface area contributed by atoms with Crippen molar-refractivity contribution in [3.63, 3.8) is 0 Å². The van der Waals surface area contributed by atoms with Crippen LogP contribution in [-0.2, 0) is 18.9 Å². The van der Waals surface area contributed by atoms with Crippen molar-refractivity contribution in [2.45, 2.75) is 18.4 Å². The first-order valence-electron chi connectivity index (χ1n) is 4.68. The van der Waals surface area contributed by atoms with Gasteiger partial charge in [0.05, 0.1) is 12.8 Å². The van der Waals surface area contributed by atoms with Crippen molar-refractivity contribution in [3.8, 4) is 0 Å². The molecule has 0 unspecified atom stereocenters. The number of rotatable bonds is 5. The Hall–Kier alpha value is 1.42.